The molecule has 3 rings (SSSR count). The molecule has 29 heavy (non-hydrogen) atoms. The summed E-state index contributed by atoms with van der Waals surface area (Å²) in [6.45, 7) is 4.29. The number of rotatable bonds is 7. The highest BCUT2D eigenvalue weighted by atomic mass is 32.2. The molecule has 156 valence electrons. The van der Waals surface area contributed by atoms with Crippen molar-refractivity contribution in [3.05, 3.63) is 60.2 Å². The predicted molar refractivity (Wildman–Crippen MR) is 112 cm³/mol. The molecule has 1 atom stereocenters. The number of amides is 1. The van der Waals surface area contributed by atoms with Crippen molar-refractivity contribution >= 4 is 15.9 Å². The Hall–Kier alpha value is -2.38. The van der Waals surface area contributed by atoms with Crippen LogP contribution >= 0.6 is 0 Å². The third-order valence-electron chi connectivity index (χ3n) is 5.04. The molecule has 0 aromatic heterocycles. The summed E-state index contributed by atoms with van der Waals surface area (Å²) in [7, 11) is -2.00. The van der Waals surface area contributed by atoms with E-state index in [1.54, 1.807) is 30.3 Å². The topological polar surface area (TPSA) is 75.7 Å². The molecular weight excluding hydrogens is 388 g/mol. The normalized spacial score (nSPS) is 18.0. The van der Waals surface area contributed by atoms with Crippen molar-refractivity contribution in [1.82, 2.24) is 9.62 Å². The van der Waals surface area contributed by atoms with Gasteiger partial charge in [-0.2, -0.15) is 0 Å². The molecule has 7 heteroatoms. The molecule has 0 bridgehead atoms. The molecule has 0 radical (unpaired) electrons. The van der Waals surface area contributed by atoms with E-state index in [4.69, 9.17) is 4.74 Å². The average molecular weight is 417 g/mol. The SMILES string of the molecule is CN(CCCC(=O)N[C@H]1CC(C)(C)Oc2ccccc21)S(=O)(=O)c1ccccc1. The van der Waals surface area contributed by atoms with Gasteiger partial charge in [0.1, 0.15) is 11.4 Å². The van der Waals surface area contributed by atoms with Gasteiger partial charge in [-0.05, 0) is 38.5 Å². The van der Waals surface area contributed by atoms with E-state index in [0.29, 0.717) is 12.8 Å². The van der Waals surface area contributed by atoms with Gasteiger partial charge in [-0.1, -0.05) is 36.4 Å². The van der Waals surface area contributed by atoms with Gasteiger partial charge in [0.25, 0.3) is 0 Å². The minimum Gasteiger partial charge on any atom is -0.487 e. The Morgan fingerprint density at radius 3 is 2.52 bits per heavy atom. The molecule has 1 aliphatic rings. The number of hydrogen-bond acceptors (Lipinski definition) is 4. The molecule has 1 heterocycles. The maximum absolute atomic E-state index is 12.5. The van der Waals surface area contributed by atoms with Crippen molar-refractivity contribution in [2.45, 2.75) is 49.6 Å². The molecule has 0 unspecified atom stereocenters. The largest absolute Gasteiger partial charge is 0.487 e. The first kappa shape index (κ1) is 21.3. The monoisotopic (exact) mass is 416 g/mol. The van der Waals surface area contributed by atoms with E-state index in [1.807, 2.05) is 38.1 Å². The van der Waals surface area contributed by atoms with E-state index in [0.717, 1.165) is 11.3 Å². The molecule has 2 aromatic carbocycles. The predicted octanol–water partition coefficient (Wildman–Crippen LogP) is 3.51. The maximum atomic E-state index is 12.5. The number of nitrogens with zero attached hydrogens (tertiary/aromatic N) is 1. The number of sulfonamides is 1. The van der Waals surface area contributed by atoms with Crippen molar-refractivity contribution in [2.75, 3.05) is 13.6 Å². The van der Waals surface area contributed by atoms with Crippen LogP contribution in [0.5, 0.6) is 5.75 Å². The van der Waals surface area contributed by atoms with E-state index < -0.39 is 10.0 Å². The molecule has 0 fully saturated rings. The number of fused-ring (bicyclic) bond motifs is 1. The van der Waals surface area contributed by atoms with Crippen molar-refractivity contribution < 1.29 is 17.9 Å². The summed E-state index contributed by atoms with van der Waals surface area (Å²) < 4.78 is 32.4. The Kier molecular flexibility index (Phi) is 6.29. The number of benzene rings is 2. The van der Waals surface area contributed by atoms with Crippen molar-refractivity contribution in [2.24, 2.45) is 0 Å². The number of carbonyl (C=O) groups excluding carboxylic acids is 1. The fourth-order valence-electron chi connectivity index (χ4n) is 3.55. The Balaban J connectivity index is 1.55. The van der Waals surface area contributed by atoms with Crippen LogP contribution in [0.3, 0.4) is 0 Å². The van der Waals surface area contributed by atoms with Crippen molar-refractivity contribution in [3.8, 4) is 5.75 Å². The lowest BCUT2D eigenvalue weighted by molar-refractivity contribution is -0.122. The Morgan fingerprint density at radius 2 is 1.79 bits per heavy atom. The summed E-state index contributed by atoms with van der Waals surface area (Å²) in [5.41, 5.74) is 0.611. The molecule has 1 N–H and O–H groups in total. The summed E-state index contributed by atoms with van der Waals surface area (Å²) in [5.74, 6) is 0.704. The van der Waals surface area contributed by atoms with Crippen LogP contribution in [0.1, 0.15) is 44.7 Å². The number of ether oxygens (including phenoxy) is 1. The fraction of sp³-hybridized carbons (Fsp3) is 0.409. The lowest BCUT2D eigenvalue weighted by Gasteiger charge is -2.37. The average Bonchev–Trinajstić information content (AvgIpc) is 2.67. The van der Waals surface area contributed by atoms with Gasteiger partial charge in [-0.25, -0.2) is 12.7 Å². The van der Waals surface area contributed by atoms with Crippen LogP contribution in [-0.2, 0) is 14.8 Å². The van der Waals surface area contributed by atoms with Crippen LogP contribution in [0.25, 0.3) is 0 Å². The lowest BCUT2D eigenvalue weighted by Crippen LogP contribution is -2.41. The second-order valence-corrected chi connectivity index (χ2v) is 10.0. The fourth-order valence-corrected chi connectivity index (χ4v) is 4.78. The van der Waals surface area contributed by atoms with Crippen molar-refractivity contribution in [3.63, 3.8) is 0 Å². The summed E-state index contributed by atoms with van der Waals surface area (Å²) in [5, 5.41) is 3.09. The molecule has 2 aromatic rings. The third-order valence-corrected chi connectivity index (χ3v) is 6.91. The van der Waals surface area contributed by atoms with Gasteiger partial charge in [0.05, 0.1) is 10.9 Å². The van der Waals surface area contributed by atoms with Crippen molar-refractivity contribution in [1.29, 1.82) is 0 Å². The van der Waals surface area contributed by atoms with E-state index >= 15 is 0 Å². The smallest absolute Gasteiger partial charge is 0.242 e. The zero-order valence-corrected chi connectivity index (χ0v) is 17.9. The molecule has 0 saturated heterocycles. The van der Waals surface area contributed by atoms with Crippen LogP contribution < -0.4 is 10.1 Å². The summed E-state index contributed by atoms with van der Waals surface area (Å²) in [6, 6.07) is 15.9. The van der Waals surface area contributed by atoms with Crippen LogP contribution in [-0.4, -0.2) is 37.8 Å². The Labute approximate surface area is 172 Å². The number of nitrogens with one attached hydrogen (secondary N) is 1. The second kappa shape index (κ2) is 8.55. The van der Waals surface area contributed by atoms with Gasteiger partial charge in [0, 0.05) is 32.0 Å². The van der Waals surface area contributed by atoms with Crippen LogP contribution in [0, 0.1) is 0 Å². The summed E-state index contributed by atoms with van der Waals surface area (Å²) in [6.07, 6.45) is 1.38. The van der Waals surface area contributed by atoms with E-state index in [-0.39, 0.29) is 35.4 Å². The number of hydrogen-bond donors (Lipinski definition) is 1. The van der Waals surface area contributed by atoms with Gasteiger partial charge in [0.2, 0.25) is 15.9 Å². The van der Waals surface area contributed by atoms with Crippen LogP contribution in [0.4, 0.5) is 0 Å². The van der Waals surface area contributed by atoms with Gasteiger partial charge < -0.3 is 10.1 Å². The van der Waals surface area contributed by atoms with Gasteiger partial charge in [0.15, 0.2) is 0 Å². The molecule has 0 spiro atoms. The number of para-hydroxylation sites is 1. The standard InChI is InChI=1S/C22H28N2O4S/c1-22(2)16-19(18-12-7-8-13-20(18)28-22)23-21(25)14-9-15-24(3)29(26,27)17-10-5-4-6-11-17/h4-8,10-13,19H,9,14-16H2,1-3H3,(H,23,25)/t19-/m0/s1. The summed E-state index contributed by atoms with van der Waals surface area (Å²) >= 11 is 0. The lowest BCUT2D eigenvalue weighted by atomic mass is 9.89. The minimum atomic E-state index is -3.53. The molecule has 0 saturated carbocycles. The summed E-state index contributed by atoms with van der Waals surface area (Å²) in [4.78, 5) is 12.8. The zero-order chi connectivity index (χ0) is 21.1. The van der Waals surface area contributed by atoms with E-state index in [9.17, 15) is 13.2 Å². The molecule has 6 nitrogen and oxygen atoms in total. The third kappa shape index (κ3) is 5.16. The Morgan fingerprint density at radius 1 is 1.14 bits per heavy atom. The van der Waals surface area contributed by atoms with Gasteiger partial charge in [-0.15, -0.1) is 0 Å². The first-order chi connectivity index (χ1) is 13.7. The van der Waals surface area contributed by atoms with E-state index in [2.05, 4.69) is 5.32 Å². The zero-order valence-electron chi connectivity index (χ0n) is 17.1. The molecule has 1 amide bonds. The quantitative estimate of drug-likeness (QED) is 0.749. The van der Waals surface area contributed by atoms with Crippen LogP contribution in [0.15, 0.2) is 59.5 Å². The highest BCUT2D eigenvalue weighted by molar-refractivity contribution is 7.89. The minimum absolute atomic E-state index is 0.0898. The molecular formula is C22H28N2O4S. The first-order valence-corrected chi connectivity index (χ1v) is 11.2. The molecule has 0 aliphatic carbocycles. The maximum Gasteiger partial charge on any atom is 0.242 e. The first-order valence-electron chi connectivity index (χ1n) is 9.78. The van der Waals surface area contributed by atoms with Gasteiger partial charge >= 0.3 is 0 Å². The second-order valence-electron chi connectivity index (χ2n) is 7.97. The van der Waals surface area contributed by atoms with Gasteiger partial charge in [-0.3, -0.25) is 4.79 Å². The highest BCUT2D eigenvalue weighted by Gasteiger charge is 2.34. The number of carbonyl (C=O) groups is 1. The highest BCUT2D eigenvalue weighted by Crippen LogP contribution is 2.39. The van der Waals surface area contributed by atoms with Crippen LogP contribution in [0.2, 0.25) is 0 Å². The molecule has 1 aliphatic heterocycles. The van der Waals surface area contributed by atoms with E-state index in [1.165, 1.54) is 11.4 Å². The Bertz CT molecular complexity index is 958.